The van der Waals surface area contributed by atoms with Crippen LogP contribution in [0.2, 0.25) is 0 Å². The van der Waals surface area contributed by atoms with Gasteiger partial charge in [0.05, 0.1) is 10.7 Å². The van der Waals surface area contributed by atoms with Crippen molar-refractivity contribution in [3.05, 3.63) is 15.6 Å². The molecule has 1 aromatic rings. The molecule has 0 atom stereocenters. The fourth-order valence-electron chi connectivity index (χ4n) is 1.88. The summed E-state index contributed by atoms with van der Waals surface area (Å²) in [6.07, 6.45) is 5.03. The first-order valence-corrected chi connectivity index (χ1v) is 7.54. The Morgan fingerprint density at radius 3 is 2.59 bits per heavy atom. The molecule has 3 heteroatoms. The first-order chi connectivity index (χ1) is 7.99. The van der Waals surface area contributed by atoms with Gasteiger partial charge in [-0.2, -0.15) is 0 Å². The Morgan fingerprint density at radius 1 is 1.35 bits per heavy atom. The zero-order valence-electron chi connectivity index (χ0n) is 11.5. The molecular weight excluding hydrogens is 228 g/mol. The standard InChI is InChI=1S/C14H24N2S/c1-5-6-12-16-13(10-7-8-10)11(17-12)9-15-14(2,3)4/h10,15H,5-9H2,1-4H3. The zero-order valence-corrected chi connectivity index (χ0v) is 12.3. The minimum absolute atomic E-state index is 0.190. The van der Waals surface area contributed by atoms with Crippen LogP contribution < -0.4 is 5.32 Å². The van der Waals surface area contributed by atoms with Crippen molar-refractivity contribution >= 4 is 11.3 Å². The molecule has 1 aliphatic rings. The highest BCUT2D eigenvalue weighted by Crippen LogP contribution is 2.42. The highest BCUT2D eigenvalue weighted by Gasteiger charge is 2.29. The van der Waals surface area contributed by atoms with E-state index in [0.717, 1.165) is 18.9 Å². The molecule has 2 rings (SSSR count). The van der Waals surface area contributed by atoms with Gasteiger partial charge in [0.1, 0.15) is 0 Å². The second-order valence-corrected chi connectivity index (χ2v) is 7.21. The van der Waals surface area contributed by atoms with Gasteiger partial charge in [-0.05, 0) is 46.5 Å². The number of thiazole rings is 1. The van der Waals surface area contributed by atoms with E-state index in [9.17, 15) is 0 Å². The highest BCUT2D eigenvalue weighted by molar-refractivity contribution is 7.11. The summed E-state index contributed by atoms with van der Waals surface area (Å²) in [4.78, 5) is 6.32. The molecule has 1 N–H and O–H groups in total. The highest BCUT2D eigenvalue weighted by atomic mass is 32.1. The lowest BCUT2D eigenvalue weighted by Crippen LogP contribution is -2.35. The second kappa shape index (κ2) is 5.07. The molecule has 1 aromatic heterocycles. The van der Waals surface area contributed by atoms with E-state index in [4.69, 9.17) is 4.98 Å². The fraction of sp³-hybridized carbons (Fsp3) is 0.786. The van der Waals surface area contributed by atoms with Crippen molar-refractivity contribution in [1.29, 1.82) is 0 Å². The Kier molecular flexibility index (Phi) is 3.88. The Bertz CT molecular complexity index is 372. The first kappa shape index (κ1) is 13.0. The smallest absolute Gasteiger partial charge is 0.0931 e. The van der Waals surface area contributed by atoms with Crippen molar-refractivity contribution in [2.24, 2.45) is 0 Å². The molecular formula is C14H24N2S. The minimum atomic E-state index is 0.190. The van der Waals surface area contributed by atoms with E-state index in [1.54, 1.807) is 0 Å². The molecule has 0 bridgehead atoms. The van der Waals surface area contributed by atoms with Gasteiger partial charge >= 0.3 is 0 Å². The first-order valence-electron chi connectivity index (χ1n) is 6.73. The molecule has 0 unspecified atom stereocenters. The molecule has 0 saturated heterocycles. The van der Waals surface area contributed by atoms with E-state index >= 15 is 0 Å². The maximum atomic E-state index is 4.84. The predicted molar refractivity (Wildman–Crippen MR) is 74.7 cm³/mol. The van der Waals surface area contributed by atoms with Crippen LogP contribution in [0.15, 0.2) is 0 Å². The quantitative estimate of drug-likeness (QED) is 0.860. The summed E-state index contributed by atoms with van der Waals surface area (Å²) in [7, 11) is 0. The lowest BCUT2D eigenvalue weighted by Gasteiger charge is -2.20. The van der Waals surface area contributed by atoms with Gasteiger partial charge in [0.15, 0.2) is 0 Å². The second-order valence-electron chi connectivity index (χ2n) is 6.04. The average molecular weight is 252 g/mol. The maximum Gasteiger partial charge on any atom is 0.0931 e. The van der Waals surface area contributed by atoms with E-state index in [-0.39, 0.29) is 5.54 Å². The third-order valence-corrected chi connectivity index (χ3v) is 4.11. The molecule has 0 amide bonds. The molecule has 1 saturated carbocycles. The summed E-state index contributed by atoms with van der Waals surface area (Å²) in [6.45, 7) is 9.87. The van der Waals surface area contributed by atoms with Crippen LogP contribution in [0.5, 0.6) is 0 Å². The van der Waals surface area contributed by atoms with Crippen molar-refractivity contribution < 1.29 is 0 Å². The zero-order chi connectivity index (χ0) is 12.5. The number of aromatic nitrogens is 1. The summed E-state index contributed by atoms with van der Waals surface area (Å²) in [6, 6.07) is 0. The van der Waals surface area contributed by atoms with E-state index in [1.165, 1.54) is 34.8 Å². The Balaban J connectivity index is 2.07. The molecule has 0 radical (unpaired) electrons. The van der Waals surface area contributed by atoms with Crippen molar-refractivity contribution in [1.82, 2.24) is 10.3 Å². The Morgan fingerprint density at radius 2 is 2.06 bits per heavy atom. The third-order valence-electron chi connectivity index (χ3n) is 2.98. The van der Waals surface area contributed by atoms with Gasteiger partial charge in [0, 0.05) is 22.9 Å². The molecule has 0 spiro atoms. The summed E-state index contributed by atoms with van der Waals surface area (Å²) in [5, 5.41) is 4.92. The van der Waals surface area contributed by atoms with Crippen molar-refractivity contribution in [2.75, 3.05) is 0 Å². The summed E-state index contributed by atoms with van der Waals surface area (Å²) in [5.74, 6) is 0.772. The van der Waals surface area contributed by atoms with Crippen LogP contribution >= 0.6 is 11.3 Å². The largest absolute Gasteiger partial charge is 0.307 e. The van der Waals surface area contributed by atoms with Crippen LogP contribution in [0.1, 0.15) is 68.5 Å². The third kappa shape index (κ3) is 3.78. The molecule has 0 aliphatic heterocycles. The topological polar surface area (TPSA) is 24.9 Å². The van der Waals surface area contributed by atoms with Gasteiger partial charge in [-0.15, -0.1) is 11.3 Å². The number of hydrogen-bond donors (Lipinski definition) is 1. The number of nitrogens with zero attached hydrogens (tertiary/aromatic N) is 1. The van der Waals surface area contributed by atoms with Gasteiger partial charge in [0.2, 0.25) is 0 Å². The Hall–Kier alpha value is -0.410. The number of nitrogens with one attached hydrogen (secondary N) is 1. The fourth-order valence-corrected chi connectivity index (χ4v) is 3.08. The van der Waals surface area contributed by atoms with E-state index in [2.05, 4.69) is 33.0 Å². The van der Waals surface area contributed by atoms with Gasteiger partial charge in [0.25, 0.3) is 0 Å². The lowest BCUT2D eigenvalue weighted by atomic mass is 10.1. The Labute approximate surface area is 109 Å². The molecule has 96 valence electrons. The molecule has 1 heterocycles. The van der Waals surface area contributed by atoms with Crippen molar-refractivity contribution in [3.8, 4) is 0 Å². The van der Waals surface area contributed by atoms with Gasteiger partial charge in [-0.1, -0.05) is 6.92 Å². The van der Waals surface area contributed by atoms with Crippen molar-refractivity contribution in [3.63, 3.8) is 0 Å². The van der Waals surface area contributed by atoms with E-state index in [0.29, 0.717) is 0 Å². The normalized spacial score (nSPS) is 16.5. The molecule has 1 aliphatic carbocycles. The van der Waals surface area contributed by atoms with Crippen LogP contribution in [0.25, 0.3) is 0 Å². The monoisotopic (exact) mass is 252 g/mol. The lowest BCUT2D eigenvalue weighted by molar-refractivity contribution is 0.425. The van der Waals surface area contributed by atoms with Crippen LogP contribution in [0.3, 0.4) is 0 Å². The van der Waals surface area contributed by atoms with Crippen molar-refractivity contribution in [2.45, 2.75) is 71.4 Å². The molecule has 0 aromatic carbocycles. The molecule has 1 fully saturated rings. The summed E-state index contributed by atoms with van der Waals surface area (Å²) < 4.78 is 0. The van der Waals surface area contributed by atoms with E-state index < -0.39 is 0 Å². The SMILES string of the molecule is CCCc1nc(C2CC2)c(CNC(C)(C)C)s1. The van der Waals surface area contributed by atoms with Crippen LogP contribution in [-0.2, 0) is 13.0 Å². The number of hydrogen-bond acceptors (Lipinski definition) is 3. The molecule has 2 nitrogen and oxygen atoms in total. The maximum absolute atomic E-state index is 4.84. The van der Waals surface area contributed by atoms with Gasteiger partial charge in [-0.25, -0.2) is 4.98 Å². The number of aryl methyl sites for hydroxylation is 1. The summed E-state index contributed by atoms with van der Waals surface area (Å²) in [5.41, 5.74) is 1.59. The van der Waals surface area contributed by atoms with Gasteiger partial charge in [-0.3, -0.25) is 0 Å². The van der Waals surface area contributed by atoms with E-state index in [1.807, 2.05) is 11.3 Å². The minimum Gasteiger partial charge on any atom is -0.307 e. The van der Waals surface area contributed by atoms with Gasteiger partial charge < -0.3 is 5.32 Å². The number of rotatable bonds is 5. The van der Waals surface area contributed by atoms with Crippen LogP contribution in [-0.4, -0.2) is 10.5 Å². The predicted octanol–water partition coefficient (Wildman–Crippen LogP) is 3.86. The van der Waals surface area contributed by atoms with Crippen LogP contribution in [0, 0.1) is 0 Å². The summed E-state index contributed by atoms with van der Waals surface area (Å²) >= 11 is 1.92. The van der Waals surface area contributed by atoms with Crippen LogP contribution in [0.4, 0.5) is 0 Å². The molecule has 17 heavy (non-hydrogen) atoms. The average Bonchev–Trinajstić information content (AvgIpc) is 2.98.